The van der Waals surface area contributed by atoms with Crippen LogP contribution in [-0.4, -0.2) is 29.8 Å². The van der Waals surface area contributed by atoms with E-state index in [2.05, 4.69) is 5.32 Å². The van der Waals surface area contributed by atoms with E-state index in [4.69, 9.17) is 4.74 Å². The standard InChI is InChI=1S/C13H14N2O5/c16-8-9-4-5-11(10(7-9)15(18)19)20-12-3-1-2-6-14-13(12)17/h4-5,7-8,12H,1-3,6H2,(H,14,17). The lowest BCUT2D eigenvalue weighted by molar-refractivity contribution is -0.386. The van der Waals surface area contributed by atoms with E-state index < -0.39 is 11.0 Å². The van der Waals surface area contributed by atoms with Crippen molar-refractivity contribution in [2.75, 3.05) is 6.54 Å². The van der Waals surface area contributed by atoms with E-state index in [1.807, 2.05) is 0 Å². The minimum absolute atomic E-state index is 0.00245. The number of nitro benzene ring substituents is 1. The van der Waals surface area contributed by atoms with Crippen LogP contribution in [0, 0.1) is 10.1 Å². The maximum Gasteiger partial charge on any atom is 0.311 e. The quantitative estimate of drug-likeness (QED) is 0.510. The fraction of sp³-hybridized carbons (Fsp3) is 0.385. The fourth-order valence-electron chi connectivity index (χ4n) is 2.03. The van der Waals surface area contributed by atoms with Crippen molar-refractivity contribution in [2.45, 2.75) is 25.4 Å². The van der Waals surface area contributed by atoms with Gasteiger partial charge in [-0.15, -0.1) is 0 Å². The smallest absolute Gasteiger partial charge is 0.311 e. The lowest BCUT2D eigenvalue weighted by Crippen LogP contribution is -2.36. The van der Waals surface area contributed by atoms with Gasteiger partial charge < -0.3 is 10.1 Å². The highest BCUT2D eigenvalue weighted by Gasteiger charge is 2.26. The summed E-state index contributed by atoms with van der Waals surface area (Å²) >= 11 is 0. The van der Waals surface area contributed by atoms with Crippen LogP contribution in [0.15, 0.2) is 18.2 Å². The second-order valence-electron chi connectivity index (χ2n) is 4.50. The summed E-state index contributed by atoms with van der Waals surface area (Å²) in [6.07, 6.45) is 1.97. The number of aldehydes is 1. The van der Waals surface area contributed by atoms with Gasteiger partial charge >= 0.3 is 5.69 Å². The molecule has 1 aromatic carbocycles. The molecule has 1 saturated heterocycles. The number of ether oxygens (including phenoxy) is 1. The Labute approximate surface area is 115 Å². The lowest BCUT2D eigenvalue weighted by atomic mass is 10.1. The second kappa shape index (κ2) is 6.14. The summed E-state index contributed by atoms with van der Waals surface area (Å²) in [7, 11) is 0. The van der Waals surface area contributed by atoms with Crippen molar-refractivity contribution in [1.29, 1.82) is 0 Å². The van der Waals surface area contributed by atoms with Gasteiger partial charge in [0.25, 0.3) is 5.91 Å². The summed E-state index contributed by atoms with van der Waals surface area (Å²) in [6.45, 7) is 0.588. The first-order chi connectivity index (χ1) is 9.61. The van der Waals surface area contributed by atoms with Gasteiger partial charge in [0.2, 0.25) is 0 Å². The molecule has 1 fully saturated rings. The zero-order valence-electron chi connectivity index (χ0n) is 10.7. The number of rotatable bonds is 4. The van der Waals surface area contributed by atoms with Crippen molar-refractivity contribution < 1.29 is 19.2 Å². The van der Waals surface area contributed by atoms with Gasteiger partial charge in [0.05, 0.1) is 4.92 Å². The van der Waals surface area contributed by atoms with E-state index in [1.165, 1.54) is 12.1 Å². The van der Waals surface area contributed by atoms with Gasteiger partial charge in [-0.2, -0.15) is 0 Å². The van der Waals surface area contributed by atoms with E-state index in [1.54, 1.807) is 0 Å². The molecule has 2 rings (SSSR count). The lowest BCUT2D eigenvalue weighted by Gasteiger charge is -2.15. The summed E-state index contributed by atoms with van der Waals surface area (Å²) in [4.78, 5) is 32.8. The number of carbonyl (C=O) groups is 2. The van der Waals surface area contributed by atoms with Crippen LogP contribution < -0.4 is 10.1 Å². The van der Waals surface area contributed by atoms with E-state index in [0.717, 1.165) is 18.9 Å². The zero-order valence-corrected chi connectivity index (χ0v) is 10.7. The average molecular weight is 278 g/mol. The van der Waals surface area contributed by atoms with Crippen LogP contribution in [-0.2, 0) is 4.79 Å². The normalized spacial score (nSPS) is 18.8. The molecule has 0 spiro atoms. The topological polar surface area (TPSA) is 98.5 Å². The van der Waals surface area contributed by atoms with Crippen molar-refractivity contribution in [3.63, 3.8) is 0 Å². The minimum Gasteiger partial charge on any atom is -0.473 e. The molecule has 1 N–H and O–H groups in total. The predicted octanol–water partition coefficient (Wildman–Crippen LogP) is 1.45. The Morgan fingerprint density at radius 2 is 2.20 bits per heavy atom. The third-order valence-electron chi connectivity index (χ3n) is 3.07. The summed E-state index contributed by atoms with van der Waals surface area (Å²) < 4.78 is 5.47. The number of benzene rings is 1. The summed E-state index contributed by atoms with van der Waals surface area (Å²) in [5, 5.41) is 13.7. The molecule has 1 aromatic rings. The summed E-state index contributed by atoms with van der Waals surface area (Å²) in [6, 6.07) is 3.90. The van der Waals surface area contributed by atoms with Crippen LogP contribution in [0.1, 0.15) is 29.6 Å². The van der Waals surface area contributed by atoms with Crippen molar-refractivity contribution in [1.82, 2.24) is 5.32 Å². The van der Waals surface area contributed by atoms with Crippen LogP contribution in [0.2, 0.25) is 0 Å². The number of carbonyl (C=O) groups excluding carboxylic acids is 2. The van der Waals surface area contributed by atoms with Gasteiger partial charge in [0.1, 0.15) is 6.29 Å². The molecule has 1 amide bonds. The molecule has 0 aromatic heterocycles. The highest BCUT2D eigenvalue weighted by molar-refractivity contribution is 5.82. The van der Waals surface area contributed by atoms with Crippen molar-refractivity contribution in [3.05, 3.63) is 33.9 Å². The summed E-state index contributed by atoms with van der Waals surface area (Å²) in [5.74, 6) is -0.265. The molecular weight excluding hydrogens is 264 g/mol. The Morgan fingerprint density at radius 3 is 2.90 bits per heavy atom. The van der Waals surface area contributed by atoms with Crippen molar-refractivity contribution in [2.24, 2.45) is 0 Å². The molecule has 0 radical (unpaired) electrons. The molecule has 7 heteroatoms. The molecule has 0 bridgehead atoms. The number of nitrogens with zero attached hydrogens (tertiary/aromatic N) is 1. The first kappa shape index (κ1) is 14.0. The molecule has 1 aliphatic rings. The van der Waals surface area contributed by atoms with E-state index in [-0.39, 0.29) is 22.9 Å². The van der Waals surface area contributed by atoms with Crippen molar-refractivity contribution >= 4 is 17.9 Å². The molecule has 7 nitrogen and oxygen atoms in total. The highest BCUT2D eigenvalue weighted by Crippen LogP contribution is 2.29. The van der Waals surface area contributed by atoms with Gasteiger partial charge in [-0.05, 0) is 31.4 Å². The van der Waals surface area contributed by atoms with E-state index in [9.17, 15) is 19.7 Å². The van der Waals surface area contributed by atoms with E-state index in [0.29, 0.717) is 19.3 Å². The van der Waals surface area contributed by atoms with Crippen LogP contribution in [0.3, 0.4) is 0 Å². The third kappa shape index (κ3) is 3.11. The van der Waals surface area contributed by atoms with Gasteiger partial charge in [0.15, 0.2) is 11.9 Å². The third-order valence-corrected chi connectivity index (χ3v) is 3.07. The number of nitrogens with one attached hydrogen (secondary N) is 1. The molecule has 1 aliphatic heterocycles. The van der Waals surface area contributed by atoms with Crippen LogP contribution in [0.5, 0.6) is 5.75 Å². The first-order valence-corrected chi connectivity index (χ1v) is 6.30. The molecule has 1 atom stereocenters. The Kier molecular flexibility index (Phi) is 4.29. The predicted molar refractivity (Wildman–Crippen MR) is 69.8 cm³/mol. The van der Waals surface area contributed by atoms with Crippen molar-refractivity contribution in [3.8, 4) is 5.75 Å². The number of hydrogen-bond donors (Lipinski definition) is 1. The first-order valence-electron chi connectivity index (χ1n) is 6.30. The Balaban J connectivity index is 2.25. The average Bonchev–Trinajstić information content (AvgIpc) is 2.64. The number of hydrogen-bond acceptors (Lipinski definition) is 5. The van der Waals surface area contributed by atoms with Crippen LogP contribution >= 0.6 is 0 Å². The monoisotopic (exact) mass is 278 g/mol. The largest absolute Gasteiger partial charge is 0.473 e. The molecule has 1 unspecified atom stereocenters. The maximum absolute atomic E-state index is 11.8. The SMILES string of the molecule is O=Cc1ccc(OC2CCCCNC2=O)c([N+](=O)[O-])c1. The second-order valence-corrected chi connectivity index (χ2v) is 4.50. The maximum atomic E-state index is 11.8. The minimum atomic E-state index is -0.738. The zero-order chi connectivity index (χ0) is 14.5. The molecule has 0 aliphatic carbocycles. The Bertz CT molecular complexity index is 544. The van der Waals surface area contributed by atoms with Gasteiger partial charge in [0, 0.05) is 18.2 Å². The summed E-state index contributed by atoms with van der Waals surface area (Å²) in [5.41, 5.74) is -0.124. The fourth-order valence-corrected chi connectivity index (χ4v) is 2.03. The van der Waals surface area contributed by atoms with Crippen LogP contribution in [0.25, 0.3) is 0 Å². The van der Waals surface area contributed by atoms with Crippen LogP contribution in [0.4, 0.5) is 5.69 Å². The van der Waals surface area contributed by atoms with E-state index >= 15 is 0 Å². The highest BCUT2D eigenvalue weighted by atomic mass is 16.6. The molecule has 1 heterocycles. The molecular formula is C13H14N2O5. The molecule has 106 valence electrons. The number of amides is 1. The molecule has 0 saturated carbocycles. The molecule has 20 heavy (non-hydrogen) atoms. The van der Waals surface area contributed by atoms with Gasteiger partial charge in [-0.25, -0.2) is 0 Å². The Hall–Kier alpha value is -2.44. The van der Waals surface area contributed by atoms with Gasteiger partial charge in [-0.3, -0.25) is 19.7 Å². The van der Waals surface area contributed by atoms with Gasteiger partial charge in [-0.1, -0.05) is 0 Å². The number of nitro groups is 1. The Morgan fingerprint density at radius 1 is 1.40 bits per heavy atom.